The molecule has 5 nitrogen and oxygen atoms in total. The molecule has 1 saturated heterocycles. The molecule has 4 rings (SSSR count). The third-order valence-corrected chi connectivity index (χ3v) is 5.37. The fourth-order valence-corrected chi connectivity index (χ4v) is 4.16. The first kappa shape index (κ1) is 14.4. The summed E-state index contributed by atoms with van der Waals surface area (Å²) in [6.45, 7) is 5.48. The van der Waals surface area contributed by atoms with Crippen LogP contribution in [0.4, 0.5) is 10.5 Å². The lowest BCUT2D eigenvalue weighted by Crippen LogP contribution is -2.32. The van der Waals surface area contributed by atoms with Crippen molar-refractivity contribution in [2.24, 2.45) is 0 Å². The van der Waals surface area contributed by atoms with Crippen LogP contribution in [0.5, 0.6) is 0 Å². The van der Waals surface area contributed by atoms with Gasteiger partial charge in [0.05, 0.1) is 27.5 Å². The number of carbonyl (C=O) groups excluding carboxylic acids is 1. The molecule has 23 heavy (non-hydrogen) atoms. The summed E-state index contributed by atoms with van der Waals surface area (Å²) in [5.74, 6) is 0. The van der Waals surface area contributed by atoms with Crippen LogP contribution in [-0.4, -0.2) is 34.0 Å². The number of aromatic nitrogens is 2. The molecule has 0 saturated carbocycles. The fourth-order valence-electron chi connectivity index (χ4n) is 3.23. The molecule has 1 aliphatic heterocycles. The topological polar surface area (TPSA) is 49.3 Å². The number of anilines is 1. The summed E-state index contributed by atoms with van der Waals surface area (Å²) in [5.41, 5.74) is 4.26. The maximum atomic E-state index is 12.8. The second-order valence-corrected chi connectivity index (χ2v) is 7.16. The van der Waals surface area contributed by atoms with Crippen molar-refractivity contribution in [1.82, 2.24) is 14.9 Å². The quantitative estimate of drug-likeness (QED) is 0.850. The van der Waals surface area contributed by atoms with Gasteiger partial charge in [-0.1, -0.05) is 0 Å². The van der Waals surface area contributed by atoms with E-state index in [1.165, 1.54) is 10.6 Å². The van der Waals surface area contributed by atoms with E-state index < -0.39 is 0 Å². The Labute approximate surface area is 139 Å². The molecule has 0 N–H and O–H groups in total. The first-order valence-electron chi connectivity index (χ1n) is 7.80. The van der Waals surface area contributed by atoms with Crippen molar-refractivity contribution in [3.8, 4) is 0 Å². The van der Waals surface area contributed by atoms with Crippen LogP contribution in [0.15, 0.2) is 24.2 Å². The molecular weight excluding hydrogens is 308 g/mol. The highest BCUT2D eigenvalue weighted by atomic mass is 32.1. The zero-order chi connectivity index (χ0) is 16.0. The zero-order valence-electron chi connectivity index (χ0n) is 13.2. The predicted octanol–water partition coefficient (Wildman–Crippen LogP) is 3.38. The van der Waals surface area contributed by atoms with Gasteiger partial charge in [-0.3, -0.25) is 14.8 Å². The van der Waals surface area contributed by atoms with E-state index in [1.807, 2.05) is 29.7 Å². The average molecular weight is 326 g/mol. The summed E-state index contributed by atoms with van der Waals surface area (Å²) in [4.78, 5) is 26.5. The third kappa shape index (κ3) is 2.43. The van der Waals surface area contributed by atoms with Crippen molar-refractivity contribution < 1.29 is 4.79 Å². The Hall–Kier alpha value is -2.21. The Morgan fingerprint density at radius 3 is 2.83 bits per heavy atom. The number of allylic oxidation sites excluding steroid dienone is 1. The molecule has 3 heterocycles. The fraction of sp³-hybridized carbons (Fsp3) is 0.353. The standard InChI is InChI=1S/C17H18N4OS/c1-11-5-6-18-10-15(11)21-8-7-20(17(21)22)13-3-4-14-16(9-13)23-12(2)19-14/h5-6,9-10H,3-4,7-8H2,1-2H3. The molecule has 2 aromatic heterocycles. The number of pyridine rings is 1. The summed E-state index contributed by atoms with van der Waals surface area (Å²) >= 11 is 1.70. The lowest BCUT2D eigenvalue weighted by molar-refractivity contribution is 0.230. The molecule has 1 aliphatic carbocycles. The average Bonchev–Trinajstić information content (AvgIpc) is 3.09. The molecule has 2 aliphatic rings. The van der Waals surface area contributed by atoms with E-state index >= 15 is 0 Å². The molecule has 0 atom stereocenters. The Morgan fingerprint density at radius 2 is 2.00 bits per heavy atom. The van der Waals surface area contributed by atoms with Gasteiger partial charge >= 0.3 is 6.03 Å². The van der Waals surface area contributed by atoms with Gasteiger partial charge in [0.25, 0.3) is 0 Å². The first-order valence-corrected chi connectivity index (χ1v) is 8.61. The Balaban J connectivity index is 1.62. The summed E-state index contributed by atoms with van der Waals surface area (Å²) in [6, 6.07) is 1.99. The van der Waals surface area contributed by atoms with Crippen LogP contribution in [0.2, 0.25) is 0 Å². The van der Waals surface area contributed by atoms with E-state index in [0.29, 0.717) is 6.54 Å². The van der Waals surface area contributed by atoms with Crippen LogP contribution in [0.1, 0.15) is 27.6 Å². The van der Waals surface area contributed by atoms with Crippen molar-refractivity contribution in [3.05, 3.63) is 45.3 Å². The van der Waals surface area contributed by atoms with Crippen molar-refractivity contribution in [1.29, 1.82) is 0 Å². The minimum absolute atomic E-state index is 0.0528. The summed E-state index contributed by atoms with van der Waals surface area (Å²) in [6.07, 6.45) is 7.47. The number of aryl methyl sites for hydroxylation is 3. The van der Waals surface area contributed by atoms with Gasteiger partial charge in [0, 0.05) is 25.0 Å². The molecule has 0 unspecified atom stereocenters. The highest BCUT2D eigenvalue weighted by Gasteiger charge is 2.33. The number of nitrogens with zero attached hydrogens (tertiary/aromatic N) is 4. The number of carbonyl (C=O) groups is 1. The molecule has 0 radical (unpaired) electrons. The van der Waals surface area contributed by atoms with Gasteiger partial charge in [-0.2, -0.15) is 0 Å². The van der Waals surface area contributed by atoms with Crippen molar-refractivity contribution in [2.75, 3.05) is 18.0 Å². The Kier molecular flexibility index (Phi) is 3.41. The van der Waals surface area contributed by atoms with E-state index in [2.05, 4.69) is 16.0 Å². The Morgan fingerprint density at radius 1 is 1.17 bits per heavy atom. The minimum Gasteiger partial charge on any atom is -0.296 e. The lowest BCUT2D eigenvalue weighted by atomic mass is 10.1. The molecule has 0 bridgehead atoms. The SMILES string of the molecule is Cc1nc2c(s1)C=C(N1CCN(c3cnccc3C)C1=O)CC2. The second-order valence-electron chi connectivity index (χ2n) is 5.93. The van der Waals surface area contributed by atoms with Crippen LogP contribution in [0.3, 0.4) is 0 Å². The van der Waals surface area contributed by atoms with E-state index in [0.717, 1.165) is 41.3 Å². The molecule has 2 aromatic rings. The predicted molar refractivity (Wildman–Crippen MR) is 91.6 cm³/mol. The van der Waals surface area contributed by atoms with Gasteiger partial charge < -0.3 is 0 Å². The molecule has 0 spiro atoms. The van der Waals surface area contributed by atoms with Crippen LogP contribution < -0.4 is 4.90 Å². The smallest absolute Gasteiger partial charge is 0.296 e. The molecule has 2 amide bonds. The zero-order valence-corrected chi connectivity index (χ0v) is 14.1. The second kappa shape index (κ2) is 5.45. The number of thiazole rings is 1. The van der Waals surface area contributed by atoms with Gasteiger partial charge in [-0.25, -0.2) is 9.78 Å². The molecular formula is C17H18N4OS. The number of amides is 2. The van der Waals surface area contributed by atoms with Gasteiger partial charge in [-0.15, -0.1) is 11.3 Å². The number of urea groups is 1. The van der Waals surface area contributed by atoms with Gasteiger partial charge in [-0.05, 0) is 44.4 Å². The first-order chi connectivity index (χ1) is 11.1. The molecule has 6 heteroatoms. The van der Waals surface area contributed by atoms with E-state index in [4.69, 9.17) is 0 Å². The van der Waals surface area contributed by atoms with Crippen LogP contribution in [0.25, 0.3) is 6.08 Å². The highest BCUT2D eigenvalue weighted by molar-refractivity contribution is 7.12. The number of rotatable bonds is 2. The minimum atomic E-state index is 0.0528. The normalized spacial score (nSPS) is 17.5. The van der Waals surface area contributed by atoms with E-state index in [9.17, 15) is 4.79 Å². The molecule has 1 fully saturated rings. The monoisotopic (exact) mass is 326 g/mol. The van der Waals surface area contributed by atoms with Gasteiger partial charge in [0.2, 0.25) is 0 Å². The van der Waals surface area contributed by atoms with Crippen LogP contribution >= 0.6 is 11.3 Å². The summed E-state index contributed by atoms with van der Waals surface area (Å²) < 4.78 is 0. The molecule has 0 aromatic carbocycles. The number of hydrogen-bond donors (Lipinski definition) is 0. The van der Waals surface area contributed by atoms with Crippen molar-refractivity contribution in [3.63, 3.8) is 0 Å². The number of fused-ring (bicyclic) bond motifs is 1. The Bertz CT molecular complexity index is 811. The third-order valence-electron chi connectivity index (χ3n) is 4.41. The maximum absolute atomic E-state index is 12.8. The summed E-state index contributed by atoms with van der Waals surface area (Å²) in [5, 5.41) is 1.09. The largest absolute Gasteiger partial charge is 0.328 e. The van der Waals surface area contributed by atoms with Crippen molar-refractivity contribution >= 4 is 29.1 Å². The van der Waals surface area contributed by atoms with E-state index in [-0.39, 0.29) is 6.03 Å². The van der Waals surface area contributed by atoms with Crippen LogP contribution in [0, 0.1) is 13.8 Å². The maximum Gasteiger partial charge on any atom is 0.328 e. The summed E-state index contributed by atoms with van der Waals surface area (Å²) in [7, 11) is 0. The van der Waals surface area contributed by atoms with Gasteiger partial charge in [0.15, 0.2) is 0 Å². The molecule has 118 valence electrons. The van der Waals surface area contributed by atoms with Crippen molar-refractivity contribution in [2.45, 2.75) is 26.7 Å². The highest BCUT2D eigenvalue weighted by Crippen LogP contribution is 2.33. The van der Waals surface area contributed by atoms with Crippen LogP contribution in [-0.2, 0) is 6.42 Å². The lowest BCUT2D eigenvalue weighted by Gasteiger charge is -2.23. The van der Waals surface area contributed by atoms with Gasteiger partial charge in [0.1, 0.15) is 0 Å². The number of hydrogen-bond acceptors (Lipinski definition) is 4. The van der Waals surface area contributed by atoms with E-state index in [1.54, 1.807) is 23.7 Å².